The van der Waals surface area contributed by atoms with E-state index in [-0.39, 0.29) is 11.6 Å². The van der Waals surface area contributed by atoms with Gasteiger partial charge in [0.15, 0.2) is 17.2 Å². The number of hydrogen-bond acceptors (Lipinski definition) is 7. The number of carbonyl (C=O) groups excluding carboxylic acids is 1. The highest BCUT2D eigenvalue weighted by atomic mass is 16.5. The SMILES string of the molecule is COC(=O)c1coc(-c2cc(OCc3ccccc3)c(OCc3ccccc3)cn2)n1. The van der Waals surface area contributed by atoms with Gasteiger partial charge in [0.25, 0.3) is 0 Å². The third-order valence-corrected chi connectivity index (χ3v) is 4.42. The van der Waals surface area contributed by atoms with Gasteiger partial charge in [0.05, 0.1) is 13.3 Å². The Morgan fingerprint density at radius 2 is 1.52 bits per heavy atom. The summed E-state index contributed by atoms with van der Waals surface area (Å²) >= 11 is 0. The molecule has 31 heavy (non-hydrogen) atoms. The molecule has 0 bridgehead atoms. The van der Waals surface area contributed by atoms with E-state index in [9.17, 15) is 4.79 Å². The van der Waals surface area contributed by atoms with Crippen molar-refractivity contribution in [3.8, 4) is 23.1 Å². The molecule has 0 saturated heterocycles. The van der Waals surface area contributed by atoms with Gasteiger partial charge in [0.1, 0.15) is 25.2 Å². The van der Waals surface area contributed by atoms with Crippen LogP contribution in [0.5, 0.6) is 11.5 Å². The summed E-state index contributed by atoms with van der Waals surface area (Å²) in [4.78, 5) is 20.1. The average Bonchev–Trinajstić information content (AvgIpc) is 3.33. The molecule has 7 nitrogen and oxygen atoms in total. The lowest BCUT2D eigenvalue weighted by Crippen LogP contribution is -2.02. The van der Waals surface area contributed by atoms with Crippen molar-refractivity contribution >= 4 is 5.97 Å². The van der Waals surface area contributed by atoms with Gasteiger partial charge < -0.3 is 18.6 Å². The molecule has 2 aromatic heterocycles. The summed E-state index contributed by atoms with van der Waals surface area (Å²) in [7, 11) is 1.28. The molecule has 156 valence electrons. The van der Waals surface area contributed by atoms with E-state index in [4.69, 9.17) is 13.9 Å². The number of hydrogen-bond donors (Lipinski definition) is 0. The minimum atomic E-state index is -0.585. The van der Waals surface area contributed by atoms with Crippen LogP contribution in [-0.2, 0) is 18.0 Å². The predicted octanol–water partition coefficient (Wildman–Crippen LogP) is 4.68. The predicted molar refractivity (Wildman–Crippen MR) is 113 cm³/mol. The van der Waals surface area contributed by atoms with Gasteiger partial charge in [-0.25, -0.2) is 14.8 Å². The van der Waals surface area contributed by atoms with Crippen LogP contribution in [0.4, 0.5) is 0 Å². The molecule has 0 atom stereocenters. The molecule has 0 N–H and O–H groups in total. The van der Waals surface area contributed by atoms with Crippen molar-refractivity contribution in [1.29, 1.82) is 0 Å². The molecule has 0 aliphatic rings. The summed E-state index contributed by atoms with van der Waals surface area (Å²) in [5.74, 6) is 0.573. The van der Waals surface area contributed by atoms with Crippen LogP contribution in [0, 0.1) is 0 Å². The van der Waals surface area contributed by atoms with Gasteiger partial charge >= 0.3 is 5.97 Å². The Hall–Kier alpha value is -4.13. The number of pyridine rings is 1. The van der Waals surface area contributed by atoms with E-state index < -0.39 is 5.97 Å². The van der Waals surface area contributed by atoms with Gasteiger partial charge in [-0.2, -0.15) is 0 Å². The molecular weight excluding hydrogens is 396 g/mol. The molecular formula is C24H20N2O5. The van der Waals surface area contributed by atoms with E-state index in [0.29, 0.717) is 30.4 Å². The highest BCUT2D eigenvalue weighted by molar-refractivity contribution is 5.87. The molecule has 0 saturated carbocycles. The van der Waals surface area contributed by atoms with Crippen molar-refractivity contribution in [2.24, 2.45) is 0 Å². The van der Waals surface area contributed by atoms with Crippen LogP contribution < -0.4 is 9.47 Å². The fraction of sp³-hybridized carbons (Fsp3) is 0.125. The average molecular weight is 416 g/mol. The van der Waals surface area contributed by atoms with Crippen molar-refractivity contribution in [3.63, 3.8) is 0 Å². The lowest BCUT2D eigenvalue weighted by atomic mass is 10.2. The molecule has 0 unspecified atom stereocenters. The summed E-state index contributed by atoms with van der Waals surface area (Å²) in [6.45, 7) is 0.722. The van der Waals surface area contributed by atoms with Crippen molar-refractivity contribution < 1.29 is 23.4 Å². The quantitative estimate of drug-likeness (QED) is 0.386. The topological polar surface area (TPSA) is 83.7 Å². The molecule has 0 amide bonds. The number of benzene rings is 2. The Morgan fingerprint density at radius 1 is 0.903 bits per heavy atom. The van der Waals surface area contributed by atoms with Crippen LogP contribution in [-0.4, -0.2) is 23.0 Å². The summed E-state index contributed by atoms with van der Waals surface area (Å²) < 4.78 is 22.0. The van der Waals surface area contributed by atoms with Crippen molar-refractivity contribution in [3.05, 3.63) is 96.0 Å². The molecule has 0 aliphatic carbocycles. The second-order valence-electron chi connectivity index (χ2n) is 6.59. The highest BCUT2D eigenvalue weighted by Crippen LogP contribution is 2.32. The number of oxazole rings is 1. The van der Waals surface area contributed by atoms with Gasteiger partial charge in [-0.1, -0.05) is 60.7 Å². The fourth-order valence-corrected chi connectivity index (χ4v) is 2.82. The largest absolute Gasteiger partial charge is 0.485 e. The molecule has 4 rings (SSSR count). The van der Waals surface area contributed by atoms with E-state index in [0.717, 1.165) is 11.1 Å². The maximum absolute atomic E-state index is 11.6. The number of nitrogens with zero attached hydrogens (tertiary/aromatic N) is 2. The first kappa shape index (κ1) is 20.2. The molecule has 7 heteroatoms. The number of rotatable bonds is 8. The molecule has 2 heterocycles. The Balaban J connectivity index is 1.59. The first-order valence-corrected chi connectivity index (χ1v) is 9.60. The smallest absolute Gasteiger partial charge is 0.360 e. The number of methoxy groups -OCH3 is 1. The normalized spacial score (nSPS) is 10.5. The first-order valence-electron chi connectivity index (χ1n) is 9.60. The second kappa shape index (κ2) is 9.58. The van der Waals surface area contributed by atoms with Crippen LogP contribution in [0.25, 0.3) is 11.6 Å². The molecule has 0 radical (unpaired) electrons. The van der Waals surface area contributed by atoms with E-state index in [1.54, 1.807) is 12.3 Å². The molecule has 0 aliphatic heterocycles. The third-order valence-electron chi connectivity index (χ3n) is 4.42. The monoisotopic (exact) mass is 416 g/mol. The van der Waals surface area contributed by atoms with E-state index in [1.165, 1.54) is 13.4 Å². The second-order valence-corrected chi connectivity index (χ2v) is 6.59. The van der Waals surface area contributed by atoms with Gasteiger partial charge in [-0.15, -0.1) is 0 Å². The molecule has 0 fully saturated rings. The van der Waals surface area contributed by atoms with Crippen LogP contribution >= 0.6 is 0 Å². The summed E-state index contributed by atoms with van der Waals surface area (Å²) in [6.07, 6.45) is 2.79. The van der Waals surface area contributed by atoms with Crippen molar-refractivity contribution in [1.82, 2.24) is 9.97 Å². The maximum atomic E-state index is 11.6. The number of carbonyl (C=O) groups is 1. The standard InChI is InChI=1S/C24H20N2O5/c1-28-24(27)20-16-31-23(26-20)19-12-21(29-14-17-8-4-2-5-9-17)22(13-25-19)30-15-18-10-6-3-7-11-18/h2-13,16H,14-15H2,1H3. The zero-order valence-electron chi connectivity index (χ0n) is 16.9. The Kier molecular flexibility index (Phi) is 6.23. The number of aromatic nitrogens is 2. The molecule has 2 aromatic carbocycles. The summed E-state index contributed by atoms with van der Waals surface area (Å²) in [5.41, 5.74) is 2.51. The fourth-order valence-electron chi connectivity index (χ4n) is 2.82. The summed E-state index contributed by atoms with van der Waals surface area (Å²) in [5, 5.41) is 0. The van der Waals surface area contributed by atoms with E-state index >= 15 is 0 Å². The van der Waals surface area contributed by atoms with Crippen LogP contribution in [0.2, 0.25) is 0 Å². The van der Waals surface area contributed by atoms with Gasteiger partial charge in [0.2, 0.25) is 5.89 Å². The van der Waals surface area contributed by atoms with Gasteiger partial charge in [-0.05, 0) is 11.1 Å². The lowest BCUT2D eigenvalue weighted by molar-refractivity contribution is 0.0594. The Bertz CT molecular complexity index is 1140. The minimum Gasteiger partial charge on any atom is -0.485 e. The minimum absolute atomic E-state index is 0.0652. The highest BCUT2D eigenvalue weighted by Gasteiger charge is 2.17. The molecule has 4 aromatic rings. The maximum Gasteiger partial charge on any atom is 0.360 e. The summed E-state index contributed by atoms with van der Waals surface area (Å²) in [6, 6.07) is 21.3. The Morgan fingerprint density at radius 3 is 2.13 bits per heavy atom. The number of esters is 1. The van der Waals surface area contributed by atoms with E-state index in [2.05, 4.69) is 14.7 Å². The lowest BCUT2D eigenvalue weighted by Gasteiger charge is -2.13. The van der Waals surface area contributed by atoms with Crippen molar-refractivity contribution in [2.45, 2.75) is 13.2 Å². The number of ether oxygens (including phenoxy) is 3. The third kappa shape index (κ3) is 5.08. The van der Waals surface area contributed by atoms with Gasteiger partial charge in [0, 0.05) is 6.07 Å². The first-order chi connectivity index (χ1) is 15.2. The Labute approximate surface area is 179 Å². The molecule has 0 spiro atoms. The van der Waals surface area contributed by atoms with Crippen LogP contribution in [0.15, 0.2) is 83.6 Å². The van der Waals surface area contributed by atoms with E-state index in [1.807, 2.05) is 60.7 Å². The van der Waals surface area contributed by atoms with Crippen LogP contribution in [0.1, 0.15) is 21.6 Å². The van der Waals surface area contributed by atoms with Crippen LogP contribution in [0.3, 0.4) is 0 Å². The van der Waals surface area contributed by atoms with Gasteiger partial charge in [-0.3, -0.25) is 0 Å². The van der Waals surface area contributed by atoms with Crippen molar-refractivity contribution in [2.75, 3.05) is 7.11 Å². The zero-order valence-corrected chi connectivity index (χ0v) is 16.9. The zero-order chi connectivity index (χ0) is 21.5.